The molecule has 2 amide bonds. The fraction of sp³-hybridized carbons (Fsp3) is 0.438. The molecule has 1 aromatic carbocycles. The van der Waals surface area contributed by atoms with Crippen LogP contribution in [0.5, 0.6) is 0 Å². The Bertz CT molecular complexity index is 712. The molecule has 0 radical (unpaired) electrons. The normalized spacial score (nSPS) is 23.7. The largest absolute Gasteiger partial charge is 0.478 e. The van der Waals surface area contributed by atoms with Crippen LogP contribution in [0.4, 0.5) is 16.2 Å². The lowest BCUT2D eigenvalue weighted by atomic mass is 9.91. The van der Waals surface area contributed by atoms with Gasteiger partial charge in [0.1, 0.15) is 0 Å². The SMILES string of the molecule is O=C(O)[C@H]1CN(c2ccc3c(c2)CC(=O)N3C2CCC2)C(=O)O1. The monoisotopic (exact) mass is 316 g/mol. The molecule has 2 aliphatic heterocycles. The van der Waals surface area contributed by atoms with Crippen molar-refractivity contribution in [2.24, 2.45) is 0 Å². The van der Waals surface area contributed by atoms with Gasteiger partial charge in [-0.25, -0.2) is 9.59 Å². The molecule has 23 heavy (non-hydrogen) atoms. The van der Waals surface area contributed by atoms with Gasteiger partial charge in [0.05, 0.1) is 13.0 Å². The van der Waals surface area contributed by atoms with E-state index in [-0.39, 0.29) is 12.5 Å². The van der Waals surface area contributed by atoms with Crippen LogP contribution in [0.1, 0.15) is 24.8 Å². The lowest BCUT2D eigenvalue weighted by Gasteiger charge is -2.35. The third-order valence-corrected chi connectivity index (χ3v) is 4.77. The number of aliphatic carboxylic acids is 1. The highest BCUT2D eigenvalue weighted by molar-refractivity contribution is 6.03. The first kappa shape index (κ1) is 14.0. The van der Waals surface area contributed by atoms with Gasteiger partial charge in [0.15, 0.2) is 0 Å². The van der Waals surface area contributed by atoms with Crippen molar-refractivity contribution < 1.29 is 24.2 Å². The number of amides is 2. The van der Waals surface area contributed by atoms with Crippen molar-refractivity contribution in [2.75, 3.05) is 16.3 Å². The highest BCUT2D eigenvalue weighted by Crippen LogP contribution is 2.39. The molecule has 1 aliphatic carbocycles. The topological polar surface area (TPSA) is 87.2 Å². The average Bonchev–Trinajstić information content (AvgIpc) is 2.98. The number of anilines is 2. The maximum Gasteiger partial charge on any atom is 0.415 e. The first-order valence-corrected chi connectivity index (χ1v) is 7.70. The smallest absolute Gasteiger partial charge is 0.415 e. The number of ether oxygens (including phenoxy) is 1. The molecule has 1 atom stereocenters. The summed E-state index contributed by atoms with van der Waals surface area (Å²) in [7, 11) is 0. The first-order valence-electron chi connectivity index (χ1n) is 7.70. The van der Waals surface area contributed by atoms with E-state index in [1.165, 1.54) is 4.90 Å². The van der Waals surface area contributed by atoms with Crippen LogP contribution < -0.4 is 9.80 Å². The van der Waals surface area contributed by atoms with Gasteiger partial charge in [-0.05, 0) is 43.0 Å². The van der Waals surface area contributed by atoms with E-state index < -0.39 is 18.2 Å². The van der Waals surface area contributed by atoms with Crippen LogP contribution in [-0.2, 0) is 20.7 Å². The van der Waals surface area contributed by atoms with Gasteiger partial charge in [0.2, 0.25) is 12.0 Å². The zero-order valence-corrected chi connectivity index (χ0v) is 12.4. The number of nitrogens with zero attached hydrogens (tertiary/aromatic N) is 2. The van der Waals surface area contributed by atoms with Crippen molar-refractivity contribution in [1.29, 1.82) is 0 Å². The summed E-state index contributed by atoms with van der Waals surface area (Å²) in [4.78, 5) is 38.2. The van der Waals surface area contributed by atoms with Crippen molar-refractivity contribution in [3.05, 3.63) is 23.8 Å². The van der Waals surface area contributed by atoms with Crippen molar-refractivity contribution in [2.45, 2.75) is 37.8 Å². The Balaban J connectivity index is 1.61. The second-order valence-electron chi connectivity index (χ2n) is 6.16. The van der Waals surface area contributed by atoms with Crippen LogP contribution >= 0.6 is 0 Å². The van der Waals surface area contributed by atoms with Crippen LogP contribution in [0.2, 0.25) is 0 Å². The Labute approximate surface area is 132 Å². The van der Waals surface area contributed by atoms with E-state index >= 15 is 0 Å². The fourth-order valence-electron chi connectivity index (χ4n) is 3.35. The van der Waals surface area contributed by atoms with Crippen LogP contribution in [-0.4, -0.2) is 41.8 Å². The maximum absolute atomic E-state index is 12.2. The van der Waals surface area contributed by atoms with E-state index in [9.17, 15) is 14.4 Å². The number of hydrogen-bond acceptors (Lipinski definition) is 4. The number of benzene rings is 1. The number of fused-ring (bicyclic) bond motifs is 1. The number of carbonyl (C=O) groups excluding carboxylic acids is 2. The summed E-state index contributed by atoms with van der Waals surface area (Å²) in [5, 5.41) is 8.96. The molecule has 1 saturated carbocycles. The molecule has 4 rings (SSSR count). The lowest BCUT2D eigenvalue weighted by Crippen LogP contribution is -2.42. The Kier molecular flexibility index (Phi) is 3.04. The fourth-order valence-corrected chi connectivity index (χ4v) is 3.35. The number of hydrogen-bond donors (Lipinski definition) is 1. The van der Waals surface area contributed by atoms with Gasteiger partial charge in [0, 0.05) is 17.4 Å². The molecular weight excluding hydrogens is 300 g/mol. The van der Waals surface area contributed by atoms with Gasteiger partial charge < -0.3 is 14.7 Å². The van der Waals surface area contributed by atoms with Crippen molar-refractivity contribution in [1.82, 2.24) is 0 Å². The lowest BCUT2D eigenvalue weighted by molar-refractivity contribution is -0.144. The van der Waals surface area contributed by atoms with E-state index in [1.54, 1.807) is 12.1 Å². The summed E-state index contributed by atoms with van der Waals surface area (Å²) in [5.74, 6) is -1.07. The van der Waals surface area contributed by atoms with Crippen molar-refractivity contribution in [3.8, 4) is 0 Å². The van der Waals surface area contributed by atoms with E-state index in [0.717, 1.165) is 30.5 Å². The molecule has 2 fully saturated rings. The van der Waals surface area contributed by atoms with Crippen molar-refractivity contribution >= 4 is 29.3 Å². The number of carbonyl (C=O) groups is 3. The van der Waals surface area contributed by atoms with E-state index in [0.29, 0.717) is 18.2 Å². The molecule has 1 aromatic rings. The summed E-state index contributed by atoms with van der Waals surface area (Å²) in [6.07, 6.45) is 1.72. The minimum Gasteiger partial charge on any atom is -0.478 e. The summed E-state index contributed by atoms with van der Waals surface area (Å²) in [5.41, 5.74) is 2.36. The molecule has 1 saturated heterocycles. The molecular formula is C16H16N2O5. The zero-order chi connectivity index (χ0) is 16.1. The summed E-state index contributed by atoms with van der Waals surface area (Å²) in [6.45, 7) is -0.0206. The molecule has 7 heteroatoms. The summed E-state index contributed by atoms with van der Waals surface area (Å²) < 4.78 is 4.83. The van der Waals surface area contributed by atoms with Gasteiger partial charge in [-0.15, -0.1) is 0 Å². The quantitative estimate of drug-likeness (QED) is 0.914. The molecule has 1 N–H and O–H groups in total. The predicted molar refractivity (Wildman–Crippen MR) is 80.5 cm³/mol. The zero-order valence-electron chi connectivity index (χ0n) is 12.4. The summed E-state index contributed by atoms with van der Waals surface area (Å²) in [6, 6.07) is 5.67. The Morgan fingerprint density at radius 3 is 2.65 bits per heavy atom. The highest BCUT2D eigenvalue weighted by Gasteiger charge is 2.39. The standard InChI is InChI=1S/C16H16N2O5/c19-14-7-9-6-11(17-8-13(15(20)21)23-16(17)22)4-5-12(9)18(14)10-2-1-3-10/h4-6,10,13H,1-3,7-8H2,(H,20,21)/t13-/m1/s1. The van der Waals surface area contributed by atoms with Crippen LogP contribution in [0.3, 0.4) is 0 Å². The summed E-state index contributed by atoms with van der Waals surface area (Å²) >= 11 is 0. The second-order valence-corrected chi connectivity index (χ2v) is 6.16. The van der Waals surface area contributed by atoms with E-state index in [4.69, 9.17) is 9.84 Å². The molecule has 120 valence electrons. The van der Waals surface area contributed by atoms with Crippen LogP contribution in [0, 0.1) is 0 Å². The maximum atomic E-state index is 12.2. The Hall–Kier alpha value is -2.57. The molecule has 0 aromatic heterocycles. The number of carboxylic acid groups (broad SMARTS) is 1. The molecule has 3 aliphatic rings. The third-order valence-electron chi connectivity index (χ3n) is 4.77. The minimum absolute atomic E-state index is 0.0206. The average molecular weight is 316 g/mol. The third kappa shape index (κ3) is 2.15. The van der Waals surface area contributed by atoms with E-state index in [1.807, 2.05) is 11.0 Å². The molecule has 7 nitrogen and oxygen atoms in total. The van der Waals surface area contributed by atoms with Gasteiger partial charge >= 0.3 is 12.1 Å². The Morgan fingerprint density at radius 2 is 2.04 bits per heavy atom. The molecule has 0 unspecified atom stereocenters. The molecule has 2 heterocycles. The first-order chi connectivity index (χ1) is 11.0. The number of rotatable bonds is 3. The molecule has 0 spiro atoms. The number of cyclic esters (lactones) is 1. The molecule has 0 bridgehead atoms. The number of carboxylic acids is 1. The van der Waals surface area contributed by atoms with Gasteiger partial charge in [-0.3, -0.25) is 9.69 Å². The van der Waals surface area contributed by atoms with E-state index in [2.05, 4.69) is 0 Å². The predicted octanol–water partition coefficient (Wildman–Crippen LogP) is 1.54. The van der Waals surface area contributed by atoms with Crippen molar-refractivity contribution in [3.63, 3.8) is 0 Å². The van der Waals surface area contributed by atoms with Crippen LogP contribution in [0.25, 0.3) is 0 Å². The minimum atomic E-state index is -1.16. The van der Waals surface area contributed by atoms with Crippen LogP contribution in [0.15, 0.2) is 18.2 Å². The second kappa shape index (κ2) is 4.97. The Morgan fingerprint density at radius 1 is 1.26 bits per heavy atom. The van der Waals surface area contributed by atoms with Gasteiger partial charge in [0.25, 0.3) is 0 Å². The van der Waals surface area contributed by atoms with Gasteiger partial charge in [-0.1, -0.05) is 0 Å². The van der Waals surface area contributed by atoms with Gasteiger partial charge in [-0.2, -0.15) is 0 Å². The highest BCUT2D eigenvalue weighted by atomic mass is 16.6.